The molecule has 0 N–H and O–H groups in total. The van der Waals surface area contributed by atoms with E-state index in [1.165, 1.54) is 0 Å². The lowest BCUT2D eigenvalue weighted by Gasteiger charge is -2.38. The van der Waals surface area contributed by atoms with Crippen LogP contribution in [0.2, 0.25) is 0 Å². The summed E-state index contributed by atoms with van der Waals surface area (Å²) >= 11 is 0. The first-order chi connectivity index (χ1) is 11.8. The van der Waals surface area contributed by atoms with Crippen molar-refractivity contribution in [2.75, 3.05) is 24.5 Å². The molecule has 124 valence electrons. The van der Waals surface area contributed by atoms with E-state index in [2.05, 4.69) is 33.9 Å². The van der Waals surface area contributed by atoms with Gasteiger partial charge in [-0.2, -0.15) is 0 Å². The number of anilines is 1. The second-order valence-corrected chi connectivity index (χ2v) is 6.17. The highest BCUT2D eigenvalue weighted by Gasteiger charge is 2.39. The summed E-state index contributed by atoms with van der Waals surface area (Å²) in [7, 11) is 0. The second kappa shape index (κ2) is 6.11. The van der Waals surface area contributed by atoms with Crippen LogP contribution in [0.5, 0.6) is 0 Å². The summed E-state index contributed by atoms with van der Waals surface area (Å²) in [4.78, 5) is 26.1. The average Bonchev–Trinajstić information content (AvgIpc) is 3.03. The molecule has 2 aliphatic rings. The smallest absolute Gasteiger partial charge is 0.281 e. The maximum absolute atomic E-state index is 13.1. The molecule has 0 aliphatic carbocycles. The molecule has 0 saturated heterocycles. The molecule has 1 amide bonds. The third-order valence-electron chi connectivity index (χ3n) is 4.44. The quantitative estimate of drug-likeness (QED) is 0.868. The predicted octanol–water partition coefficient (Wildman–Crippen LogP) is 2.36. The molecule has 0 spiro atoms. The van der Waals surface area contributed by atoms with Gasteiger partial charge in [-0.1, -0.05) is 37.3 Å². The SMILES string of the molecule is CCCN1C(=O)c2c(ncn2Cc2ccccc2)N2CCCN=C12. The van der Waals surface area contributed by atoms with Crippen molar-refractivity contribution in [2.24, 2.45) is 4.99 Å². The van der Waals surface area contributed by atoms with E-state index in [1.807, 2.05) is 27.7 Å². The van der Waals surface area contributed by atoms with Crippen LogP contribution in [0.1, 0.15) is 35.8 Å². The zero-order chi connectivity index (χ0) is 16.5. The number of aliphatic imine (C=N–C) groups is 1. The molecule has 6 nitrogen and oxygen atoms in total. The van der Waals surface area contributed by atoms with Crippen molar-refractivity contribution in [2.45, 2.75) is 26.3 Å². The molecule has 0 bridgehead atoms. The Bertz CT molecular complexity index is 780. The number of aromatic nitrogens is 2. The molecule has 3 heterocycles. The first-order valence-electron chi connectivity index (χ1n) is 8.52. The lowest BCUT2D eigenvalue weighted by Crippen LogP contribution is -2.54. The van der Waals surface area contributed by atoms with E-state index in [-0.39, 0.29) is 5.91 Å². The number of nitrogens with zero attached hydrogens (tertiary/aromatic N) is 5. The zero-order valence-electron chi connectivity index (χ0n) is 13.9. The number of hydrogen-bond donors (Lipinski definition) is 0. The molecule has 4 rings (SSSR count). The van der Waals surface area contributed by atoms with Crippen LogP contribution in [0.25, 0.3) is 0 Å². The Balaban J connectivity index is 1.76. The number of fused-ring (bicyclic) bond motifs is 3. The Morgan fingerprint density at radius 1 is 1.21 bits per heavy atom. The minimum Gasteiger partial charge on any atom is -0.320 e. The Kier molecular flexibility index (Phi) is 3.80. The van der Waals surface area contributed by atoms with Gasteiger partial charge in [0.15, 0.2) is 11.5 Å². The summed E-state index contributed by atoms with van der Waals surface area (Å²) in [5.74, 6) is 1.53. The van der Waals surface area contributed by atoms with Gasteiger partial charge in [-0.05, 0) is 18.4 Å². The fraction of sp³-hybridized carbons (Fsp3) is 0.389. The highest BCUT2D eigenvalue weighted by molar-refractivity contribution is 6.17. The topological polar surface area (TPSA) is 53.7 Å². The van der Waals surface area contributed by atoms with Crippen molar-refractivity contribution < 1.29 is 4.79 Å². The van der Waals surface area contributed by atoms with E-state index in [4.69, 9.17) is 0 Å². The molecule has 0 saturated carbocycles. The maximum Gasteiger partial charge on any atom is 0.281 e. The normalized spacial score (nSPS) is 16.7. The lowest BCUT2D eigenvalue weighted by atomic mass is 10.2. The molecule has 1 aromatic heterocycles. The van der Waals surface area contributed by atoms with Gasteiger partial charge in [0.25, 0.3) is 5.91 Å². The molecule has 6 heteroatoms. The number of rotatable bonds is 4. The Labute approximate surface area is 141 Å². The molecule has 0 radical (unpaired) electrons. The molecular weight excluding hydrogens is 302 g/mol. The summed E-state index contributed by atoms with van der Waals surface area (Å²) in [6.07, 6.45) is 3.67. The largest absolute Gasteiger partial charge is 0.320 e. The van der Waals surface area contributed by atoms with Gasteiger partial charge in [0.1, 0.15) is 0 Å². The number of benzene rings is 1. The summed E-state index contributed by atoms with van der Waals surface area (Å²) in [6, 6.07) is 10.2. The van der Waals surface area contributed by atoms with Crippen LogP contribution in [-0.4, -0.2) is 46.0 Å². The summed E-state index contributed by atoms with van der Waals surface area (Å²) in [5.41, 5.74) is 1.83. The molecule has 0 unspecified atom stereocenters. The third-order valence-corrected chi connectivity index (χ3v) is 4.44. The monoisotopic (exact) mass is 323 g/mol. The van der Waals surface area contributed by atoms with E-state index in [9.17, 15) is 4.79 Å². The number of hydrogen-bond acceptors (Lipinski definition) is 4. The van der Waals surface area contributed by atoms with Crippen molar-refractivity contribution >= 4 is 17.7 Å². The van der Waals surface area contributed by atoms with Crippen LogP contribution in [0.4, 0.5) is 5.82 Å². The van der Waals surface area contributed by atoms with E-state index in [1.54, 1.807) is 6.33 Å². The molecular formula is C18H21N5O. The van der Waals surface area contributed by atoms with Gasteiger partial charge < -0.3 is 4.57 Å². The summed E-state index contributed by atoms with van der Waals surface area (Å²) in [5, 5.41) is 0. The number of carbonyl (C=O) groups is 1. The van der Waals surface area contributed by atoms with Gasteiger partial charge in [-0.3, -0.25) is 19.6 Å². The lowest BCUT2D eigenvalue weighted by molar-refractivity contribution is 0.0828. The van der Waals surface area contributed by atoms with Gasteiger partial charge in [-0.25, -0.2) is 4.98 Å². The number of amides is 1. The van der Waals surface area contributed by atoms with Crippen molar-refractivity contribution in [1.29, 1.82) is 0 Å². The molecule has 2 aromatic rings. The van der Waals surface area contributed by atoms with Crippen LogP contribution in [-0.2, 0) is 6.54 Å². The highest BCUT2D eigenvalue weighted by Crippen LogP contribution is 2.29. The van der Waals surface area contributed by atoms with E-state index in [0.717, 1.165) is 43.3 Å². The number of carbonyl (C=O) groups excluding carboxylic acids is 1. The maximum atomic E-state index is 13.1. The van der Waals surface area contributed by atoms with Crippen LogP contribution in [0, 0.1) is 0 Å². The van der Waals surface area contributed by atoms with Gasteiger partial charge in [0, 0.05) is 26.2 Å². The molecule has 24 heavy (non-hydrogen) atoms. The van der Waals surface area contributed by atoms with Gasteiger partial charge in [-0.15, -0.1) is 0 Å². The zero-order valence-corrected chi connectivity index (χ0v) is 13.9. The fourth-order valence-corrected chi connectivity index (χ4v) is 3.36. The highest BCUT2D eigenvalue weighted by atomic mass is 16.2. The predicted molar refractivity (Wildman–Crippen MR) is 93.4 cm³/mol. The average molecular weight is 323 g/mol. The van der Waals surface area contributed by atoms with Gasteiger partial charge in [0.2, 0.25) is 5.96 Å². The van der Waals surface area contributed by atoms with Gasteiger partial charge >= 0.3 is 0 Å². The Hall–Kier alpha value is -2.63. The first kappa shape index (κ1) is 14.9. The van der Waals surface area contributed by atoms with Crippen LogP contribution < -0.4 is 4.90 Å². The Morgan fingerprint density at radius 3 is 2.83 bits per heavy atom. The van der Waals surface area contributed by atoms with Crippen molar-refractivity contribution in [1.82, 2.24) is 14.5 Å². The van der Waals surface area contributed by atoms with E-state index in [0.29, 0.717) is 18.8 Å². The second-order valence-electron chi connectivity index (χ2n) is 6.17. The van der Waals surface area contributed by atoms with Crippen LogP contribution in [0.15, 0.2) is 41.7 Å². The Morgan fingerprint density at radius 2 is 2.04 bits per heavy atom. The molecule has 2 aliphatic heterocycles. The van der Waals surface area contributed by atoms with Crippen molar-refractivity contribution in [3.05, 3.63) is 47.9 Å². The number of guanidine groups is 1. The van der Waals surface area contributed by atoms with Crippen LogP contribution in [0.3, 0.4) is 0 Å². The molecule has 0 atom stereocenters. The standard InChI is InChI=1S/C18H21N5O/c1-2-10-23-17(24)15-16(22-11-6-9-19-18(22)23)20-13-21(15)12-14-7-4-3-5-8-14/h3-5,7-8,13H,2,6,9-12H2,1H3. The first-order valence-corrected chi connectivity index (χ1v) is 8.52. The molecule has 0 fully saturated rings. The summed E-state index contributed by atoms with van der Waals surface area (Å²) in [6.45, 7) is 5.05. The van der Waals surface area contributed by atoms with Gasteiger partial charge in [0.05, 0.1) is 6.33 Å². The van der Waals surface area contributed by atoms with E-state index >= 15 is 0 Å². The van der Waals surface area contributed by atoms with E-state index < -0.39 is 0 Å². The minimum absolute atomic E-state index is 0.0113. The van der Waals surface area contributed by atoms with Crippen LogP contribution >= 0.6 is 0 Å². The fourth-order valence-electron chi connectivity index (χ4n) is 3.36. The summed E-state index contributed by atoms with van der Waals surface area (Å²) < 4.78 is 1.96. The molecule has 1 aromatic carbocycles. The third kappa shape index (κ3) is 2.38. The van der Waals surface area contributed by atoms with Crippen molar-refractivity contribution in [3.8, 4) is 0 Å². The number of imidazole rings is 1. The minimum atomic E-state index is 0.0113. The van der Waals surface area contributed by atoms with Crippen molar-refractivity contribution in [3.63, 3.8) is 0 Å².